The van der Waals surface area contributed by atoms with Crippen LogP contribution in [-0.4, -0.2) is 24.1 Å². The first kappa shape index (κ1) is 46.2. The van der Waals surface area contributed by atoms with Crippen molar-refractivity contribution in [3.63, 3.8) is 0 Å². The minimum Gasteiger partial charge on any atom is -0.308 e. The third kappa shape index (κ3) is 8.12. The Kier molecular flexibility index (Phi) is 11.0. The Morgan fingerprint density at radius 1 is 0.311 bits per heavy atom. The van der Waals surface area contributed by atoms with E-state index in [-0.39, 0.29) is 0 Å². The normalized spacial score (nSPS) is 11.6. The molecule has 0 N–H and O–H groups in total. The van der Waals surface area contributed by atoms with Crippen LogP contribution in [0.15, 0.2) is 158 Å². The molecule has 0 unspecified atom stereocenters. The van der Waals surface area contributed by atoms with Gasteiger partial charge in [0.1, 0.15) is 11.6 Å². The lowest BCUT2D eigenvalue weighted by Gasteiger charge is -2.20. The second-order valence-corrected chi connectivity index (χ2v) is 20.8. The molecule has 3 heterocycles. The molecule has 0 bridgehead atoms. The Morgan fingerprint density at radius 2 is 0.595 bits per heavy atom. The summed E-state index contributed by atoms with van der Waals surface area (Å²) in [4.78, 5) is 18.8. The maximum atomic E-state index is 8.92. The first-order valence-electron chi connectivity index (χ1n) is 25.4. The highest BCUT2D eigenvalue weighted by atomic mass is 15.1. The van der Waals surface area contributed by atoms with Gasteiger partial charge in [-0.2, -0.15) is 0 Å². The topological polar surface area (TPSA) is 52.9 Å². The van der Waals surface area contributed by atoms with E-state index in [0.717, 1.165) is 99.5 Å². The zero-order valence-electron chi connectivity index (χ0n) is 43.7. The lowest BCUT2D eigenvalue weighted by atomic mass is 9.98. The number of aryl methyl sites for hydroxylation is 10. The van der Waals surface area contributed by atoms with Crippen LogP contribution >= 0.6 is 0 Å². The minimum atomic E-state index is 0.451. The smallest absolute Gasteiger partial charge is 0.200 e. The average molecular weight is 957 g/mol. The standard InChI is InChI=1S/C68H56N6/c1-38-20-39(2)25-52(24-38)48-12-16-56-57-17-13-49(53-26-40(3)21-41(4)27-53)33-63(57)73(62(56)32-48)66-36-60(68-71-46(9)70-47(10)72-68)61(69-11)37-67(66)74-64-34-50(54-28-42(5)22-43(6)29-54)14-18-58(64)59-19-15-51(35-65(59)74)55-30-44(7)23-45(8)31-55/h12-37H,1-10H3. The molecule has 3 aromatic heterocycles. The summed E-state index contributed by atoms with van der Waals surface area (Å²) in [5.74, 6) is 1.67. The molecule has 0 amide bonds. The number of benzene rings is 9. The van der Waals surface area contributed by atoms with Crippen LogP contribution in [0.3, 0.4) is 0 Å². The van der Waals surface area contributed by atoms with Gasteiger partial charge in [-0.1, -0.05) is 166 Å². The van der Waals surface area contributed by atoms with Gasteiger partial charge in [0, 0.05) is 27.1 Å². The molecule has 0 radical (unpaired) electrons. The molecule has 9 aromatic carbocycles. The van der Waals surface area contributed by atoms with Crippen molar-refractivity contribution >= 4 is 49.3 Å². The molecule has 6 heteroatoms. The molecule has 6 nitrogen and oxygen atoms in total. The molecule has 358 valence electrons. The van der Waals surface area contributed by atoms with Crippen molar-refractivity contribution in [2.24, 2.45) is 0 Å². The molecular weight excluding hydrogens is 901 g/mol. The van der Waals surface area contributed by atoms with Crippen LogP contribution in [0.2, 0.25) is 0 Å². The second-order valence-electron chi connectivity index (χ2n) is 20.8. The van der Waals surface area contributed by atoms with Crippen LogP contribution in [0, 0.1) is 75.8 Å². The molecule has 0 saturated heterocycles. The summed E-state index contributed by atoms with van der Waals surface area (Å²) in [6.07, 6.45) is 0. The van der Waals surface area contributed by atoms with Crippen molar-refractivity contribution in [3.05, 3.63) is 225 Å². The molecule has 12 rings (SSSR count). The van der Waals surface area contributed by atoms with Gasteiger partial charge < -0.3 is 9.13 Å². The molecule has 0 aliphatic heterocycles. The number of rotatable bonds is 7. The molecule has 0 aliphatic carbocycles. The van der Waals surface area contributed by atoms with Crippen molar-refractivity contribution in [2.45, 2.75) is 69.2 Å². The summed E-state index contributed by atoms with van der Waals surface area (Å²) in [7, 11) is 0. The van der Waals surface area contributed by atoms with E-state index >= 15 is 0 Å². The summed E-state index contributed by atoms with van der Waals surface area (Å²) in [5.41, 5.74) is 25.9. The maximum absolute atomic E-state index is 8.92. The van der Waals surface area contributed by atoms with Crippen molar-refractivity contribution in [1.82, 2.24) is 24.1 Å². The second kappa shape index (κ2) is 17.7. The van der Waals surface area contributed by atoms with Gasteiger partial charge in [0.2, 0.25) is 0 Å². The van der Waals surface area contributed by atoms with Gasteiger partial charge in [-0.05, 0) is 150 Å². The quantitative estimate of drug-likeness (QED) is 0.150. The van der Waals surface area contributed by atoms with Gasteiger partial charge in [0.05, 0.1) is 40.0 Å². The highest BCUT2D eigenvalue weighted by Crippen LogP contribution is 2.45. The zero-order chi connectivity index (χ0) is 51.3. The molecule has 12 aromatic rings. The van der Waals surface area contributed by atoms with Crippen LogP contribution < -0.4 is 0 Å². The first-order chi connectivity index (χ1) is 35.6. The largest absolute Gasteiger partial charge is 0.308 e. The van der Waals surface area contributed by atoms with Crippen LogP contribution in [0.4, 0.5) is 5.69 Å². The summed E-state index contributed by atoms with van der Waals surface area (Å²) in [6.45, 7) is 30.0. The third-order valence-electron chi connectivity index (χ3n) is 14.6. The fourth-order valence-corrected chi connectivity index (χ4v) is 11.8. The van der Waals surface area contributed by atoms with Gasteiger partial charge >= 0.3 is 0 Å². The Morgan fingerprint density at radius 3 is 0.878 bits per heavy atom. The Hall–Kier alpha value is -8.92. The van der Waals surface area contributed by atoms with E-state index in [1.807, 2.05) is 13.8 Å². The van der Waals surface area contributed by atoms with E-state index in [0.29, 0.717) is 28.7 Å². The highest BCUT2D eigenvalue weighted by Gasteiger charge is 2.25. The first-order valence-corrected chi connectivity index (χ1v) is 25.4. The lowest BCUT2D eigenvalue weighted by Crippen LogP contribution is -2.06. The van der Waals surface area contributed by atoms with Crippen LogP contribution in [0.25, 0.3) is 116 Å². The summed E-state index contributed by atoms with van der Waals surface area (Å²) in [6, 6.07) is 58.9. The average Bonchev–Trinajstić information content (AvgIpc) is 3.87. The Labute approximate surface area is 433 Å². The van der Waals surface area contributed by atoms with E-state index in [4.69, 9.17) is 16.5 Å². The zero-order valence-corrected chi connectivity index (χ0v) is 43.7. The predicted octanol–water partition coefficient (Wildman–Crippen LogP) is 18.0. The SMILES string of the molecule is [C-]#[N+]c1cc(-n2c3cc(-c4cc(C)cc(C)c4)ccc3c3ccc(-c4cc(C)cc(C)c4)cc32)c(-n2c3cc(-c4cc(C)cc(C)c4)ccc3c3ccc(-c4cc(C)cc(C)c4)cc32)cc1-c1nc(C)nc(C)n1. The number of aromatic nitrogens is 5. The Bertz CT molecular complexity index is 4060. The van der Waals surface area contributed by atoms with Gasteiger partial charge in [0.15, 0.2) is 11.5 Å². The molecule has 0 fully saturated rings. The van der Waals surface area contributed by atoms with Crippen LogP contribution in [0.1, 0.15) is 56.2 Å². The lowest BCUT2D eigenvalue weighted by molar-refractivity contribution is 0.928. The fraction of sp³-hybridized carbons (Fsp3) is 0.147. The Balaban J connectivity index is 1.27. The van der Waals surface area contributed by atoms with E-state index < -0.39 is 0 Å². The van der Waals surface area contributed by atoms with E-state index in [1.54, 1.807) is 0 Å². The highest BCUT2D eigenvalue weighted by molar-refractivity contribution is 6.14. The van der Waals surface area contributed by atoms with Gasteiger partial charge in [0.25, 0.3) is 0 Å². The third-order valence-corrected chi connectivity index (χ3v) is 14.6. The fourth-order valence-electron chi connectivity index (χ4n) is 11.8. The molecule has 0 aliphatic rings. The molecule has 0 atom stereocenters. The van der Waals surface area contributed by atoms with Crippen molar-refractivity contribution in [1.29, 1.82) is 0 Å². The van der Waals surface area contributed by atoms with Crippen molar-refractivity contribution < 1.29 is 0 Å². The number of hydrogen-bond donors (Lipinski definition) is 0. The van der Waals surface area contributed by atoms with Crippen molar-refractivity contribution in [2.75, 3.05) is 0 Å². The molecule has 74 heavy (non-hydrogen) atoms. The van der Waals surface area contributed by atoms with E-state index in [2.05, 4.69) is 232 Å². The van der Waals surface area contributed by atoms with Crippen LogP contribution in [0.5, 0.6) is 0 Å². The summed E-state index contributed by atoms with van der Waals surface area (Å²) >= 11 is 0. The molecule has 0 spiro atoms. The molecule has 0 saturated carbocycles. The van der Waals surface area contributed by atoms with Crippen LogP contribution in [-0.2, 0) is 0 Å². The number of nitrogens with zero attached hydrogens (tertiary/aromatic N) is 6. The monoisotopic (exact) mass is 956 g/mol. The summed E-state index contributed by atoms with van der Waals surface area (Å²) < 4.78 is 4.86. The number of hydrogen-bond acceptors (Lipinski definition) is 3. The van der Waals surface area contributed by atoms with Crippen molar-refractivity contribution in [3.8, 4) is 67.3 Å². The predicted molar refractivity (Wildman–Crippen MR) is 309 cm³/mol. The van der Waals surface area contributed by atoms with Gasteiger partial charge in [-0.3, -0.25) is 0 Å². The van der Waals surface area contributed by atoms with E-state index in [1.165, 1.54) is 44.5 Å². The van der Waals surface area contributed by atoms with Gasteiger partial charge in [-0.25, -0.2) is 19.8 Å². The molecular formula is C68H56N6. The minimum absolute atomic E-state index is 0.451. The number of fused-ring (bicyclic) bond motifs is 6. The van der Waals surface area contributed by atoms with Gasteiger partial charge in [-0.15, -0.1) is 0 Å². The maximum Gasteiger partial charge on any atom is 0.200 e. The summed E-state index contributed by atoms with van der Waals surface area (Å²) in [5, 5.41) is 4.51. The van der Waals surface area contributed by atoms with E-state index in [9.17, 15) is 0 Å².